The van der Waals surface area contributed by atoms with Gasteiger partial charge in [-0.05, 0) is 95.3 Å². The van der Waals surface area contributed by atoms with E-state index in [4.69, 9.17) is 56.9 Å². The average molecular weight is 660 g/mol. The van der Waals surface area contributed by atoms with Gasteiger partial charge in [-0.25, -0.2) is 0 Å². The smallest absolute Gasteiger partial charge is 0.172 e. The summed E-state index contributed by atoms with van der Waals surface area (Å²) < 4.78 is 5.49. The molecule has 232 valence electrons. The first-order valence-electron chi connectivity index (χ1n) is 14.4. The van der Waals surface area contributed by atoms with E-state index >= 15 is 0 Å². The molecule has 0 aromatic heterocycles. The van der Waals surface area contributed by atoms with E-state index in [-0.39, 0.29) is 33.0 Å². The Morgan fingerprint density at radius 3 is 2.05 bits per heavy atom. The topological polar surface area (TPSA) is 93.5 Å². The molecule has 2 heterocycles. The van der Waals surface area contributed by atoms with Crippen molar-refractivity contribution in [3.05, 3.63) is 61.5 Å². The number of hydrogen-bond donors (Lipinski definition) is 3. The van der Waals surface area contributed by atoms with Crippen LogP contribution in [0.15, 0.2) is 30.3 Å². The molecule has 2 fully saturated rings. The zero-order chi connectivity index (χ0) is 31.3. The number of methoxy groups -OCH3 is 1. The molecule has 4 rings (SSSR count). The van der Waals surface area contributed by atoms with Crippen molar-refractivity contribution in [3.63, 3.8) is 0 Å². The van der Waals surface area contributed by atoms with E-state index in [9.17, 15) is 9.59 Å². The number of ketones is 2. The highest BCUT2D eigenvalue weighted by molar-refractivity contribution is 6.44. The van der Waals surface area contributed by atoms with E-state index in [1.54, 1.807) is 37.4 Å². The van der Waals surface area contributed by atoms with Gasteiger partial charge in [0.05, 0.1) is 31.4 Å². The van der Waals surface area contributed by atoms with Crippen molar-refractivity contribution in [2.24, 2.45) is 16.7 Å². The second-order valence-corrected chi connectivity index (χ2v) is 14.2. The molecule has 2 aromatic carbocycles. The van der Waals surface area contributed by atoms with Crippen LogP contribution in [0, 0.1) is 16.7 Å². The molecular formula is C32H43Cl4N3O3. The number of ether oxygens (including phenoxy) is 1. The van der Waals surface area contributed by atoms with Crippen LogP contribution in [0.2, 0.25) is 20.1 Å². The monoisotopic (exact) mass is 657 g/mol. The van der Waals surface area contributed by atoms with Gasteiger partial charge in [0, 0.05) is 42.2 Å². The highest BCUT2D eigenvalue weighted by atomic mass is 35.5. The second kappa shape index (κ2) is 14.6. The van der Waals surface area contributed by atoms with Crippen molar-refractivity contribution < 1.29 is 14.3 Å². The average Bonchev–Trinajstić information content (AvgIpc) is 3.63. The fourth-order valence-electron chi connectivity index (χ4n) is 5.89. The number of halogens is 4. The molecule has 10 heteroatoms. The molecule has 0 bridgehead atoms. The van der Waals surface area contributed by atoms with Gasteiger partial charge in [-0.2, -0.15) is 0 Å². The molecule has 0 aliphatic carbocycles. The third-order valence-electron chi connectivity index (χ3n) is 8.57. The van der Waals surface area contributed by atoms with E-state index in [2.05, 4.69) is 24.5 Å². The number of rotatable bonds is 10. The fraction of sp³-hybridized carbons (Fsp3) is 0.562. The lowest BCUT2D eigenvalue weighted by Crippen LogP contribution is -2.36. The molecule has 0 saturated carbocycles. The van der Waals surface area contributed by atoms with Crippen molar-refractivity contribution in [3.8, 4) is 0 Å². The van der Waals surface area contributed by atoms with E-state index in [1.807, 2.05) is 13.8 Å². The number of hydrogen-bond acceptors (Lipinski definition) is 6. The third kappa shape index (κ3) is 8.20. The SMILES string of the molecule is CC(C)CC1(C(=O)c2ccc(Cl)c(Cl)c2N)CCNC1.COC(C)(C)CCC1(C(=O)c2ccc(Cl)c(Cl)c2)CCNC1. The maximum absolute atomic E-state index is 13.1. The summed E-state index contributed by atoms with van der Waals surface area (Å²) >= 11 is 24.0. The van der Waals surface area contributed by atoms with Crippen LogP contribution < -0.4 is 16.4 Å². The minimum Gasteiger partial charge on any atom is -0.397 e. The quantitative estimate of drug-likeness (QED) is 0.176. The number of nitrogen functional groups attached to an aromatic ring is 1. The van der Waals surface area contributed by atoms with Gasteiger partial charge in [-0.15, -0.1) is 0 Å². The molecule has 2 unspecified atom stereocenters. The van der Waals surface area contributed by atoms with Crippen molar-refractivity contribution in [1.82, 2.24) is 10.6 Å². The summed E-state index contributed by atoms with van der Waals surface area (Å²) in [4.78, 5) is 26.0. The van der Waals surface area contributed by atoms with Gasteiger partial charge in [0.25, 0.3) is 0 Å². The summed E-state index contributed by atoms with van der Waals surface area (Å²) in [5.41, 5.74) is 6.41. The van der Waals surface area contributed by atoms with E-state index in [0.717, 1.165) is 45.2 Å². The number of benzene rings is 2. The maximum Gasteiger partial charge on any atom is 0.172 e. The summed E-state index contributed by atoms with van der Waals surface area (Å²) in [6, 6.07) is 8.45. The van der Waals surface area contributed by atoms with Crippen LogP contribution in [0.5, 0.6) is 0 Å². The Bertz CT molecular complexity index is 1270. The van der Waals surface area contributed by atoms with Crippen molar-refractivity contribution >= 4 is 63.7 Å². The first-order chi connectivity index (χ1) is 19.7. The minimum atomic E-state index is -0.382. The van der Waals surface area contributed by atoms with Crippen LogP contribution in [0.1, 0.15) is 80.5 Å². The Labute approximate surface area is 270 Å². The highest BCUT2D eigenvalue weighted by Gasteiger charge is 2.43. The fourth-order valence-corrected chi connectivity index (χ4v) is 6.51. The summed E-state index contributed by atoms with van der Waals surface area (Å²) in [7, 11) is 1.71. The van der Waals surface area contributed by atoms with Crippen LogP contribution in [0.25, 0.3) is 0 Å². The van der Waals surface area contributed by atoms with Gasteiger partial charge in [0.1, 0.15) is 0 Å². The molecule has 4 N–H and O–H groups in total. The Morgan fingerprint density at radius 1 is 0.929 bits per heavy atom. The number of Topliss-reactive ketones (excluding diaryl/α,β-unsaturated/α-hetero) is 2. The lowest BCUT2D eigenvalue weighted by atomic mass is 9.73. The largest absolute Gasteiger partial charge is 0.397 e. The summed E-state index contributed by atoms with van der Waals surface area (Å²) in [5.74, 6) is 0.665. The van der Waals surface area contributed by atoms with Crippen molar-refractivity contribution in [2.75, 3.05) is 39.0 Å². The van der Waals surface area contributed by atoms with Gasteiger partial charge in [0.2, 0.25) is 0 Å². The Balaban J connectivity index is 0.000000231. The van der Waals surface area contributed by atoms with Crippen molar-refractivity contribution in [1.29, 1.82) is 0 Å². The van der Waals surface area contributed by atoms with Gasteiger partial charge >= 0.3 is 0 Å². The number of carbonyl (C=O) groups excluding carboxylic acids is 2. The van der Waals surface area contributed by atoms with E-state index in [0.29, 0.717) is 50.9 Å². The second-order valence-electron chi connectivity index (χ2n) is 12.6. The normalized spacial score (nSPS) is 22.2. The summed E-state index contributed by atoms with van der Waals surface area (Å²) in [6.07, 6.45) is 4.15. The molecule has 2 aliphatic rings. The predicted octanol–water partition coefficient (Wildman–Crippen LogP) is 8.15. The van der Waals surface area contributed by atoms with Crippen LogP contribution in [0.3, 0.4) is 0 Å². The Kier molecular flexibility index (Phi) is 12.2. The van der Waals surface area contributed by atoms with Crippen LogP contribution in [0.4, 0.5) is 5.69 Å². The predicted molar refractivity (Wildman–Crippen MR) is 176 cm³/mol. The molecule has 0 spiro atoms. The molecule has 6 nitrogen and oxygen atoms in total. The minimum absolute atomic E-state index is 0.0762. The zero-order valence-electron chi connectivity index (χ0n) is 25.1. The van der Waals surface area contributed by atoms with Crippen LogP contribution in [-0.4, -0.2) is 50.5 Å². The van der Waals surface area contributed by atoms with Crippen LogP contribution >= 0.6 is 46.4 Å². The van der Waals surface area contributed by atoms with Crippen molar-refractivity contribution in [2.45, 2.75) is 65.4 Å². The van der Waals surface area contributed by atoms with E-state index < -0.39 is 0 Å². The molecule has 2 aliphatic heterocycles. The standard InChI is InChI=1S/C17H23Cl2NO2.C15H20Cl2N2O/c1-16(2,22-3)6-7-17(8-9-20-11-17)15(21)12-4-5-13(18)14(19)10-12;1-9(2)7-15(5-6-19-8-15)14(20)10-3-4-11(16)12(17)13(10)18/h4-5,10,20H,6-9,11H2,1-3H3;3-4,9,19H,5-8,18H2,1-2H3. The highest BCUT2D eigenvalue weighted by Crippen LogP contribution is 2.41. The van der Waals surface area contributed by atoms with Gasteiger partial charge in [-0.1, -0.05) is 60.3 Å². The van der Waals surface area contributed by atoms with Gasteiger partial charge < -0.3 is 21.1 Å². The molecule has 42 heavy (non-hydrogen) atoms. The summed E-state index contributed by atoms with van der Waals surface area (Å²) in [5, 5.41) is 8.15. The molecule has 2 aromatic rings. The summed E-state index contributed by atoms with van der Waals surface area (Å²) in [6.45, 7) is 11.5. The third-order valence-corrected chi connectivity index (χ3v) is 10.1. The zero-order valence-corrected chi connectivity index (χ0v) is 28.2. The van der Waals surface area contributed by atoms with Gasteiger partial charge in [0.15, 0.2) is 11.6 Å². The molecular weight excluding hydrogens is 616 g/mol. The molecule has 2 atom stereocenters. The molecule has 2 saturated heterocycles. The Morgan fingerprint density at radius 2 is 1.52 bits per heavy atom. The number of nitrogens with two attached hydrogens (primary N) is 1. The first-order valence-corrected chi connectivity index (χ1v) is 15.9. The number of anilines is 1. The van der Waals surface area contributed by atoms with Crippen LogP contribution in [-0.2, 0) is 4.74 Å². The maximum atomic E-state index is 13.1. The van der Waals surface area contributed by atoms with Gasteiger partial charge in [-0.3, -0.25) is 9.59 Å². The first kappa shape index (κ1) is 35.1. The lowest BCUT2D eigenvalue weighted by molar-refractivity contribution is 0.00570. The molecule has 0 amide bonds. The Hall–Kier alpha value is -1.38. The van der Waals surface area contributed by atoms with E-state index in [1.165, 1.54) is 0 Å². The number of carbonyl (C=O) groups is 2. The number of nitrogens with one attached hydrogen (secondary N) is 2. The molecule has 0 radical (unpaired) electrons. The lowest BCUT2D eigenvalue weighted by Gasteiger charge is -2.31.